The Hall–Kier alpha value is -2.88. The van der Waals surface area contributed by atoms with Gasteiger partial charge in [-0.1, -0.05) is 29.1 Å². The predicted molar refractivity (Wildman–Crippen MR) is 96.9 cm³/mol. The predicted octanol–water partition coefficient (Wildman–Crippen LogP) is 2.48. The van der Waals surface area contributed by atoms with Gasteiger partial charge >= 0.3 is 0 Å². The number of nitrogens with zero attached hydrogens (tertiary/aromatic N) is 3. The quantitative estimate of drug-likeness (QED) is 0.707. The van der Waals surface area contributed by atoms with Crippen LogP contribution in [0.2, 0.25) is 0 Å². The second kappa shape index (κ2) is 6.45. The maximum Gasteiger partial charge on any atom is 0.157 e. The second-order valence-electron chi connectivity index (χ2n) is 6.75. The van der Waals surface area contributed by atoms with Crippen LogP contribution < -0.4 is 5.73 Å². The highest BCUT2D eigenvalue weighted by molar-refractivity contribution is 5.60. The lowest BCUT2D eigenvalue weighted by Gasteiger charge is -2.07. The van der Waals surface area contributed by atoms with Gasteiger partial charge in [0.05, 0.1) is 12.1 Å². The average Bonchev–Trinajstić information content (AvgIpc) is 3.03. The molecule has 1 aromatic carbocycles. The molecule has 2 aromatic heterocycles. The van der Waals surface area contributed by atoms with Gasteiger partial charge in [-0.3, -0.25) is 0 Å². The Labute approximate surface area is 151 Å². The van der Waals surface area contributed by atoms with Gasteiger partial charge in [-0.15, -0.1) is 0 Å². The molecular weight excluding hydrogens is 328 g/mol. The van der Waals surface area contributed by atoms with E-state index in [2.05, 4.69) is 22.0 Å². The summed E-state index contributed by atoms with van der Waals surface area (Å²) in [4.78, 5) is 4.15. The summed E-state index contributed by atoms with van der Waals surface area (Å²) in [7, 11) is 0. The molecule has 0 radical (unpaired) electrons. The molecule has 1 atom stereocenters. The van der Waals surface area contributed by atoms with E-state index in [0.717, 1.165) is 29.7 Å². The van der Waals surface area contributed by atoms with Crippen molar-refractivity contribution in [2.24, 2.45) is 5.73 Å². The van der Waals surface area contributed by atoms with Crippen molar-refractivity contribution < 1.29 is 9.63 Å². The van der Waals surface area contributed by atoms with Crippen molar-refractivity contribution in [2.45, 2.75) is 38.0 Å². The molecule has 3 N–H and O–H groups in total. The van der Waals surface area contributed by atoms with Crippen molar-refractivity contribution in [3.63, 3.8) is 0 Å². The lowest BCUT2D eigenvalue weighted by molar-refractivity contribution is 0.183. The van der Waals surface area contributed by atoms with E-state index >= 15 is 0 Å². The number of rotatable bonds is 4. The van der Waals surface area contributed by atoms with E-state index in [9.17, 15) is 5.11 Å². The lowest BCUT2D eigenvalue weighted by Crippen LogP contribution is -2.18. The van der Waals surface area contributed by atoms with Crippen LogP contribution in [0, 0.1) is 11.8 Å². The van der Waals surface area contributed by atoms with E-state index in [0.29, 0.717) is 18.1 Å². The van der Waals surface area contributed by atoms with Gasteiger partial charge in [-0.25, -0.2) is 4.98 Å². The van der Waals surface area contributed by atoms with Crippen LogP contribution in [-0.4, -0.2) is 25.4 Å². The molecule has 1 aliphatic carbocycles. The standard InChI is InChI=1S/C20H20N4O2/c1-14(25)19-22-10-11-24(19)13-17-12-18(23-26-17)16-4-2-15(3-5-16)6-7-20(21)8-9-20/h2-5,10-12,14,25H,8-9,13,21H2,1H3. The Morgan fingerprint density at radius 3 is 2.81 bits per heavy atom. The summed E-state index contributed by atoms with van der Waals surface area (Å²) in [5.74, 6) is 7.53. The maximum atomic E-state index is 9.73. The topological polar surface area (TPSA) is 90.1 Å². The van der Waals surface area contributed by atoms with Gasteiger partial charge in [-0.05, 0) is 31.9 Å². The van der Waals surface area contributed by atoms with Gasteiger partial charge in [0.2, 0.25) is 0 Å². The third-order valence-electron chi connectivity index (χ3n) is 4.43. The highest BCUT2D eigenvalue weighted by atomic mass is 16.5. The summed E-state index contributed by atoms with van der Waals surface area (Å²) >= 11 is 0. The molecular formula is C20H20N4O2. The van der Waals surface area contributed by atoms with Crippen LogP contribution in [0.1, 0.15) is 43.0 Å². The molecule has 1 unspecified atom stereocenters. The van der Waals surface area contributed by atoms with Crippen LogP contribution in [0.5, 0.6) is 0 Å². The van der Waals surface area contributed by atoms with Crippen molar-refractivity contribution in [1.82, 2.24) is 14.7 Å². The largest absolute Gasteiger partial charge is 0.385 e. The summed E-state index contributed by atoms with van der Waals surface area (Å²) in [6, 6.07) is 9.76. The Morgan fingerprint density at radius 1 is 1.35 bits per heavy atom. The molecule has 0 aliphatic heterocycles. The van der Waals surface area contributed by atoms with Crippen LogP contribution in [0.4, 0.5) is 0 Å². The minimum atomic E-state index is -0.635. The van der Waals surface area contributed by atoms with E-state index in [1.807, 2.05) is 41.1 Å². The summed E-state index contributed by atoms with van der Waals surface area (Å²) < 4.78 is 7.27. The molecule has 4 rings (SSSR count). The maximum absolute atomic E-state index is 9.73. The Balaban J connectivity index is 1.48. The number of aliphatic hydroxyl groups is 1. The van der Waals surface area contributed by atoms with E-state index in [1.165, 1.54) is 0 Å². The first-order chi connectivity index (χ1) is 12.5. The third-order valence-corrected chi connectivity index (χ3v) is 4.43. The normalized spacial score (nSPS) is 16.0. The van der Waals surface area contributed by atoms with Gasteiger partial charge in [0.1, 0.15) is 17.6 Å². The van der Waals surface area contributed by atoms with Crippen LogP contribution in [-0.2, 0) is 6.54 Å². The van der Waals surface area contributed by atoms with Gasteiger partial charge < -0.3 is 19.9 Å². The van der Waals surface area contributed by atoms with Crippen molar-refractivity contribution in [1.29, 1.82) is 0 Å². The van der Waals surface area contributed by atoms with Gasteiger partial charge in [0.25, 0.3) is 0 Å². The lowest BCUT2D eigenvalue weighted by atomic mass is 10.1. The van der Waals surface area contributed by atoms with Gasteiger partial charge in [0, 0.05) is 29.6 Å². The molecule has 0 saturated heterocycles. The van der Waals surface area contributed by atoms with Crippen LogP contribution >= 0.6 is 0 Å². The summed E-state index contributed by atoms with van der Waals surface area (Å²) in [5, 5.41) is 13.9. The van der Waals surface area contributed by atoms with Crippen LogP contribution in [0.15, 0.2) is 47.2 Å². The Kier molecular flexibility index (Phi) is 4.11. The second-order valence-corrected chi connectivity index (χ2v) is 6.75. The monoisotopic (exact) mass is 348 g/mol. The first kappa shape index (κ1) is 16.6. The SMILES string of the molecule is CC(O)c1nccn1Cc1cc(-c2ccc(C#CC3(N)CC3)cc2)no1. The zero-order valence-electron chi connectivity index (χ0n) is 14.5. The number of benzene rings is 1. The number of aromatic nitrogens is 3. The molecule has 0 spiro atoms. The van der Waals surface area contributed by atoms with E-state index in [1.54, 1.807) is 13.1 Å². The number of hydrogen-bond donors (Lipinski definition) is 2. The van der Waals surface area contributed by atoms with Crippen LogP contribution in [0.3, 0.4) is 0 Å². The highest BCUT2D eigenvalue weighted by Gasteiger charge is 2.36. The summed E-state index contributed by atoms with van der Waals surface area (Å²) in [5.41, 5.74) is 8.38. The van der Waals surface area contributed by atoms with Gasteiger partial charge in [-0.2, -0.15) is 0 Å². The number of hydrogen-bond acceptors (Lipinski definition) is 5. The molecule has 6 nitrogen and oxygen atoms in total. The Morgan fingerprint density at radius 2 is 2.12 bits per heavy atom. The van der Waals surface area contributed by atoms with E-state index in [4.69, 9.17) is 10.3 Å². The zero-order valence-corrected chi connectivity index (χ0v) is 14.5. The van der Waals surface area contributed by atoms with Gasteiger partial charge in [0.15, 0.2) is 5.76 Å². The van der Waals surface area contributed by atoms with Crippen molar-refractivity contribution >= 4 is 0 Å². The number of imidazole rings is 1. The summed E-state index contributed by atoms with van der Waals surface area (Å²) in [6.45, 7) is 2.15. The van der Waals surface area contributed by atoms with Crippen molar-refractivity contribution in [3.8, 4) is 23.1 Å². The van der Waals surface area contributed by atoms with E-state index in [-0.39, 0.29) is 5.54 Å². The fourth-order valence-corrected chi connectivity index (χ4v) is 2.69. The molecule has 0 bridgehead atoms. The molecule has 2 heterocycles. The number of nitrogens with two attached hydrogens (primary N) is 1. The average molecular weight is 348 g/mol. The molecule has 6 heteroatoms. The minimum Gasteiger partial charge on any atom is -0.385 e. The number of aliphatic hydroxyl groups excluding tert-OH is 1. The smallest absolute Gasteiger partial charge is 0.157 e. The molecule has 1 aliphatic rings. The molecule has 1 saturated carbocycles. The van der Waals surface area contributed by atoms with Crippen molar-refractivity contribution in [2.75, 3.05) is 0 Å². The fourth-order valence-electron chi connectivity index (χ4n) is 2.69. The minimum absolute atomic E-state index is 0.266. The Bertz CT molecular complexity index is 969. The fraction of sp³-hybridized carbons (Fsp3) is 0.300. The first-order valence-corrected chi connectivity index (χ1v) is 8.60. The molecule has 3 aromatic rings. The molecule has 132 valence electrons. The van der Waals surface area contributed by atoms with Crippen molar-refractivity contribution in [3.05, 3.63) is 59.9 Å². The zero-order chi connectivity index (χ0) is 18.1. The van der Waals surface area contributed by atoms with Crippen LogP contribution in [0.25, 0.3) is 11.3 Å². The highest BCUT2D eigenvalue weighted by Crippen LogP contribution is 2.31. The third kappa shape index (κ3) is 3.54. The molecule has 26 heavy (non-hydrogen) atoms. The molecule has 0 amide bonds. The summed E-state index contributed by atoms with van der Waals surface area (Å²) in [6.07, 6.45) is 4.79. The molecule has 1 fully saturated rings. The first-order valence-electron chi connectivity index (χ1n) is 8.60. The van der Waals surface area contributed by atoms with E-state index < -0.39 is 6.10 Å².